The highest BCUT2D eigenvalue weighted by molar-refractivity contribution is 5.96. The maximum absolute atomic E-state index is 13.1. The van der Waals surface area contributed by atoms with E-state index in [-0.39, 0.29) is 24.1 Å². The van der Waals surface area contributed by atoms with Gasteiger partial charge in [-0.25, -0.2) is 4.39 Å². The van der Waals surface area contributed by atoms with Gasteiger partial charge in [-0.1, -0.05) is 24.6 Å². The van der Waals surface area contributed by atoms with Crippen molar-refractivity contribution in [3.05, 3.63) is 65.5 Å². The number of hydrogen-bond donors (Lipinski definition) is 2. The fourth-order valence-corrected chi connectivity index (χ4v) is 3.26. The van der Waals surface area contributed by atoms with Gasteiger partial charge >= 0.3 is 0 Å². The molecule has 5 nitrogen and oxygen atoms in total. The van der Waals surface area contributed by atoms with E-state index in [1.807, 2.05) is 24.3 Å². The van der Waals surface area contributed by atoms with Gasteiger partial charge in [0.15, 0.2) is 0 Å². The van der Waals surface area contributed by atoms with Crippen LogP contribution >= 0.6 is 0 Å². The Morgan fingerprint density at radius 1 is 1.00 bits per heavy atom. The Morgan fingerprint density at radius 3 is 2.57 bits per heavy atom. The Balaban J connectivity index is 1.44. The van der Waals surface area contributed by atoms with Gasteiger partial charge in [-0.15, -0.1) is 0 Å². The lowest BCUT2D eigenvalue weighted by atomic mass is 9.98. The van der Waals surface area contributed by atoms with Crippen LogP contribution in [0.25, 0.3) is 0 Å². The summed E-state index contributed by atoms with van der Waals surface area (Å²) in [5.74, 6) is -0.480. The molecule has 0 bridgehead atoms. The van der Waals surface area contributed by atoms with E-state index in [1.54, 1.807) is 0 Å². The lowest BCUT2D eigenvalue weighted by molar-refractivity contribution is -0.120. The van der Waals surface area contributed by atoms with E-state index in [2.05, 4.69) is 10.6 Å². The molecule has 0 radical (unpaired) electrons. The fraction of sp³-hybridized carbons (Fsp3) is 0.364. The van der Waals surface area contributed by atoms with Gasteiger partial charge in [-0.3, -0.25) is 9.59 Å². The van der Waals surface area contributed by atoms with Crippen LogP contribution in [0.5, 0.6) is 5.75 Å². The minimum atomic E-state index is -0.493. The lowest BCUT2D eigenvalue weighted by Gasteiger charge is -2.23. The molecule has 6 heteroatoms. The van der Waals surface area contributed by atoms with Crippen molar-refractivity contribution in [2.45, 2.75) is 44.8 Å². The van der Waals surface area contributed by atoms with Crippen molar-refractivity contribution in [3.8, 4) is 5.75 Å². The lowest BCUT2D eigenvalue weighted by Crippen LogP contribution is -2.36. The van der Waals surface area contributed by atoms with E-state index >= 15 is 0 Å². The summed E-state index contributed by atoms with van der Waals surface area (Å²) in [5.41, 5.74) is 1.11. The van der Waals surface area contributed by atoms with Crippen molar-refractivity contribution in [1.82, 2.24) is 10.6 Å². The molecule has 28 heavy (non-hydrogen) atoms. The highest BCUT2D eigenvalue weighted by Gasteiger charge is 2.15. The van der Waals surface area contributed by atoms with Crippen molar-refractivity contribution >= 4 is 11.8 Å². The van der Waals surface area contributed by atoms with Crippen molar-refractivity contribution < 1.29 is 18.7 Å². The van der Waals surface area contributed by atoms with Gasteiger partial charge in [0.1, 0.15) is 11.6 Å². The molecule has 0 heterocycles. The van der Waals surface area contributed by atoms with Crippen LogP contribution in [-0.2, 0) is 11.3 Å². The van der Waals surface area contributed by atoms with E-state index in [9.17, 15) is 14.0 Å². The molecule has 2 N–H and O–H groups in total. The zero-order chi connectivity index (χ0) is 19.8. The number of carbonyl (C=O) groups is 2. The summed E-state index contributed by atoms with van der Waals surface area (Å²) in [7, 11) is 0. The van der Waals surface area contributed by atoms with Crippen molar-refractivity contribution in [3.63, 3.8) is 0 Å². The molecule has 0 aliphatic heterocycles. The van der Waals surface area contributed by atoms with Crippen LogP contribution in [0, 0.1) is 5.82 Å². The Kier molecular flexibility index (Phi) is 7.00. The smallest absolute Gasteiger partial charge is 0.251 e. The molecule has 1 aliphatic carbocycles. The third kappa shape index (κ3) is 6.08. The first-order valence-electron chi connectivity index (χ1n) is 9.66. The summed E-state index contributed by atoms with van der Waals surface area (Å²) in [6.45, 7) is 0.171. The van der Waals surface area contributed by atoms with E-state index < -0.39 is 11.7 Å². The molecule has 0 aromatic heterocycles. The van der Waals surface area contributed by atoms with E-state index in [0.717, 1.165) is 30.2 Å². The predicted molar refractivity (Wildman–Crippen MR) is 105 cm³/mol. The molecule has 1 fully saturated rings. The first-order valence-corrected chi connectivity index (χ1v) is 9.66. The number of amides is 2. The Bertz CT molecular complexity index is 819. The topological polar surface area (TPSA) is 67.4 Å². The van der Waals surface area contributed by atoms with Crippen LogP contribution in [0.4, 0.5) is 4.39 Å². The Labute approximate surface area is 164 Å². The van der Waals surface area contributed by atoms with Crippen LogP contribution < -0.4 is 15.4 Å². The molecule has 1 saturated carbocycles. The van der Waals surface area contributed by atoms with Gasteiger partial charge in [-0.2, -0.15) is 0 Å². The monoisotopic (exact) mass is 384 g/mol. The molecule has 0 spiro atoms. The van der Waals surface area contributed by atoms with Crippen molar-refractivity contribution in [2.75, 3.05) is 6.54 Å². The van der Waals surface area contributed by atoms with Gasteiger partial charge in [0, 0.05) is 12.1 Å². The van der Waals surface area contributed by atoms with Crippen LogP contribution in [0.1, 0.15) is 48.0 Å². The first kappa shape index (κ1) is 19.9. The van der Waals surface area contributed by atoms with Gasteiger partial charge in [0.2, 0.25) is 5.91 Å². The summed E-state index contributed by atoms with van der Waals surface area (Å²) in [5, 5.41) is 5.25. The third-order valence-corrected chi connectivity index (χ3v) is 4.74. The molecule has 148 valence electrons. The zero-order valence-corrected chi connectivity index (χ0v) is 15.7. The van der Waals surface area contributed by atoms with Gasteiger partial charge < -0.3 is 15.4 Å². The second kappa shape index (κ2) is 9.88. The number of hydrogen-bond acceptors (Lipinski definition) is 3. The van der Waals surface area contributed by atoms with E-state index in [4.69, 9.17) is 4.74 Å². The molecule has 2 aromatic rings. The summed E-state index contributed by atoms with van der Waals surface area (Å²) in [4.78, 5) is 23.9. The minimum Gasteiger partial charge on any atom is -0.490 e. The average Bonchev–Trinajstić information content (AvgIpc) is 2.71. The summed E-state index contributed by atoms with van der Waals surface area (Å²) >= 11 is 0. The maximum Gasteiger partial charge on any atom is 0.251 e. The van der Waals surface area contributed by atoms with Crippen LogP contribution in [0.15, 0.2) is 48.5 Å². The summed E-state index contributed by atoms with van der Waals surface area (Å²) in [6.07, 6.45) is 6.15. The molecule has 0 saturated heterocycles. The fourth-order valence-electron chi connectivity index (χ4n) is 3.26. The number of benzene rings is 2. The minimum absolute atomic E-state index is 0.173. The SMILES string of the molecule is O=C(CNC(=O)c1cccc(F)c1)NCc1cccc(OC2CCCCC2)c1. The van der Waals surface area contributed by atoms with Crippen molar-refractivity contribution in [1.29, 1.82) is 0 Å². The summed E-state index contributed by atoms with van der Waals surface area (Å²) in [6, 6.07) is 13.0. The highest BCUT2D eigenvalue weighted by atomic mass is 19.1. The predicted octanol–water partition coefficient (Wildman–Crippen LogP) is 3.58. The second-order valence-corrected chi connectivity index (χ2v) is 7.00. The van der Waals surface area contributed by atoms with Crippen LogP contribution in [0.2, 0.25) is 0 Å². The van der Waals surface area contributed by atoms with Crippen molar-refractivity contribution in [2.24, 2.45) is 0 Å². The number of rotatable bonds is 7. The first-order chi connectivity index (χ1) is 13.6. The van der Waals surface area contributed by atoms with Gasteiger partial charge in [0.05, 0.1) is 12.6 Å². The van der Waals surface area contributed by atoms with Gasteiger partial charge in [-0.05, 0) is 61.6 Å². The highest BCUT2D eigenvalue weighted by Crippen LogP contribution is 2.23. The number of ether oxygens (including phenoxy) is 1. The molecule has 3 rings (SSSR count). The normalized spacial score (nSPS) is 14.3. The molecular formula is C22H25FN2O3. The van der Waals surface area contributed by atoms with E-state index in [0.29, 0.717) is 6.54 Å². The maximum atomic E-state index is 13.1. The number of carbonyl (C=O) groups excluding carboxylic acids is 2. The molecule has 2 aromatic carbocycles. The molecule has 0 unspecified atom stereocenters. The number of halogens is 1. The van der Waals surface area contributed by atoms with Crippen LogP contribution in [-0.4, -0.2) is 24.5 Å². The molecule has 2 amide bonds. The zero-order valence-electron chi connectivity index (χ0n) is 15.7. The van der Waals surface area contributed by atoms with Gasteiger partial charge in [0.25, 0.3) is 5.91 Å². The molecular weight excluding hydrogens is 359 g/mol. The standard InChI is InChI=1S/C22H25FN2O3/c23-18-8-5-7-17(13-18)22(27)25-15-21(26)24-14-16-6-4-11-20(12-16)28-19-9-2-1-3-10-19/h4-8,11-13,19H,1-3,9-10,14-15H2,(H,24,26)(H,25,27). The number of nitrogens with one attached hydrogen (secondary N) is 2. The third-order valence-electron chi connectivity index (χ3n) is 4.74. The summed E-state index contributed by atoms with van der Waals surface area (Å²) < 4.78 is 19.2. The van der Waals surface area contributed by atoms with Crippen LogP contribution in [0.3, 0.4) is 0 Å². The average molecular weight is 384 g/mol. The Morgan fingerprint density at radius 2 is 1.79 bits per heavy atom. The Hall–Kier alpha value is -2.89. The largest absolute Gasteiger partial charge is 0.490 e. The quantitative estimate of drug-likeness (QED) is 0.767. The molecule has 0 atom stereocenters. The second-order valence-electron chi connectivity index (χ2n) is 7.00. The van der Waals surface area contributed by atoms with E-state index in [1.165, 1.54) is 37.5 Å². The molecule has 1 aliphatic rings.